The van der Waals surface area contributed by atoms with Crippen molar-refractivity contribution in [2.45, 2.75) is 13.1 Å². The highest BCUT2D eigenvalue weighted by Gasteiger charge is 2.28. The van der Waals surface area contributed by atoms with Crippen LogP contribution < -0.4 is 16.1 Å². The molecule has 8 heteroatoms. The van der Waals surface area contributed by atoms with Gasteiger partial charge in [0.25, 0.3) is 5.56 Å². The largest absolute Gasteiger partial charge is 0.332 e. The first kappa shape index (κ1) is 19.4. The first-order valence-corrected chi connectivity index (χ1v) is 10.4. The minimum Gasteiger partial charge on any atom is -0.310 e. The van der Waals surface area contributed by atoms with Crippen LogP contribution in [0.2, 0.25) is 5.02 Å². The zero-order chi connectivity index (χ0) is 21.5. The number of benzene rings is 2. The maximum atomic E-state index is 13.3. The van der Waals surface area contributed by atoms with E-state index in [9.17, 15) is 9.59 Å². The maximum Gasteiger partial charge on any atom is 0.332 e. The van der Waals surface area contributed by atoms with Crippen molar-refractivity contribution in [1.82, 2.24) is 18.7 Å². The van der Waals surface area contributed by atoms with E-state index in [1.807, 2.05) is 76.2 Å². The number of nitrogens with zero attached hydrogens (tertiary/aromatic N) is 5. The summed E-state index contributed by atoms with van der Waals surface area (Å²) in [6.45, 7) is 1.47. The van der Waals surface area contributed by atoms with Crippen molar-refractivity contribution in [3.63, 3.8) is 0 Å². The lowest BCUT2D eigenvalue weighted by molar-refractivity contribution is 0.663. The Morgan fingerprint density at radius 3 is 2.65 bits per heavy atom. The Morgan fingerprint density at radius 1 is 1.06 bits per heavy atom. The molecule has 0 aliphatic carbocycles. The molecule has 0 bridgehead atoms. The number of allylic oxidation sites excluding steroid dienone is 1. The average Bonchev–Trinajstić information content (AvgIpc) is 3.35. The van der Waals surface area contributed by atoms with Gasteiger partial charge in [0.2, 0.25) is 5.95 Å². The van der Waals surface area contributed by atoms with Gasteiger partial charge in [-0.1, -0.05) is 60.2 Å². The van der Waals surface area contributed by atoms with Crippen LogP contribution in [-0.2, 0) is 20.1 Å². The van der Waals surface area contributed by atoms with Crippen molar-refractivity contribution >= 4 is 40.5 Å². The molecule has 156 valence electrons. The predicted octanol–water partition coefficient (Wildman–Crippen LogP) is 3.42. The van der Waals surface area contributed by atoms with E-state index < -0.39 is 0 Å². The van der Waals surface area contributed by atoms with Crippen molar-refractivity contribution in [2.24, 2.45) is 7.05 Å². The number of fused-ring (bicyclic) bond motifs is 3. The smallest absolute Gasteiger partial charge is 0.310 e. The Labute approximate surface area is 183 Å². The van der Waals surface area contributed by atoms with Gasteiger partial charge >= 0.3 is 5.69 Å². The average molecular weight is 434 g/mol. The summed E-state index contributed by atoms with van der Waals surface area (Å²) in [5.74, 6) is 0.641. The van der Waals surface area contributed by atoms with Crippen molar-refractivity contribution in [2.75, 3.05) is 11.4 Å². The van der Waals surface area contributed by atoms with Crippen LogP contribution in [0.25, 0.3) is 17.2 Å². The molecule has 0 fully saturated rings. The molecule has 3 heterocycles. The molecule has 31 heavy (non-hydrogen) atoms. The van der Waals surface area contributed by atoms with Gasteiger partial charge in [0.1, 0.15) is 0 Å². The molecule has 4 aromatic rings. The van der Waals surface area contributed by atoms with Crippen molar-refractivity contribution in [1.29, 1.82) is 0 Å². The van der Waals surface area contributed by atoms with E-state index in [-0.39, 0.29) is 17.8 Å². The SMILES string of the molecule is Cn1c(=O)n(CC=Cc2ccccc2)c(=O)c2c1nc1n2CCN1c1cccc(Cl)c1. The third-order valence-corrected chi connectivity index (χ3v) is 5.75. The lowest BCUT2D eigenvalue weighted by atomic mass is 10.2. The van der Waals surface area contributed by atoms with Gasteiger partial charge < -0.3 is 9.47 Å². The second-order valence-electron chi connectivity index (χ2n) is 7.44. The van der Waals surface area contributed by atoms with Gasteiger partial charge in [0.05, 0.1) is 0 Å². The van der Waals surface area contributed by atoms with E-state index >= 15 is 0 Å². The van der Waals surface area contributed by atoms with Crippen LogP contribution in [0.15, 0.2) is 70.3 Å². The fraction of sp³-hybridized carbons (Fsp3) is 0.174. The van der Waals surface area contributed by atoms with Gasteiger partial charge in [-0.2, -0.15) is 4.98 Å². The summed E-state index contributed by atoms with van der Waals surface area (Å²) >= 11 is 6.15. The number of anilines is 2. The van der Waals surface area contributed by atoms with E-state index in [1.54, 1.807) is 7.05 Å². The number of imidazole rings is 1. The zero-order valence-electron chi connectivity index (χ0n) is 16.9. The lowest BCUT2D eigenvalue weighted by Gasteiger charge is -2.16. The van der Waals surface area contributed by atoms with Crippen LogP contribution in [-0.4, -0.2) is 25.2 Å². The number of hydrogen-bond acceptors (Lipinski definition) is 4. The molecule has 0 atom stereocenters. The summed E-state index contributed by atoms with van der Waals surface area (Å²) in [4.78, 5) is 32.8. The summed E-state index contributed by atoms with van der Waals surface area (Å²) in [5.41, 5.74) is 2.02. The summed E-state index contributed by atoms with van der Waals surface area (Å²) in [7, 11) is 1.65. The molecule has 7 nitrogen and oxygen atoms in total. The maximum absolute atomic E-state index is 13.3. The first-order valence-electron chi connectivity index (χ1n) is 9.99. The van der Waals surface area contributed by atoms with Gasteiger partial charge in [0.15, 0.2) is 11.2 Å². The fourth-order valence-electron chi connectivity index (χ4n) is 3.99. The van der Waals surface area contributed by atoms with E-state index in [2.05, 4.69) is 4.98 Å². The van der Waals surface area contributed by atoms with E-state index in [0.29, 0.717) is 35.2 Å². The molecule has 0 saturated heterocycles. The van der Waals surface area contributed by atoms with Gasteiger partial charge in [-0.3, -0.25) is 13.9 Å². The number of aryl methyl sites for hydroxylation is 1. The molecule has 0 radical (unpaired) electrons. The Bertz CT molecular complexity index is 1430. The Kier molecular flexibility index (Phi) is 4.75. The van der Waals surface area contributed by atoms with Gasteiger partial charge in [-0.05, 0) is 23.8 Å². The monoisotopic (exact) mass is 433 g/mol. The third-order valence-electron chi connectivity index (χ3n) is 5.52. The minimum atomic E-state index is -0.388. The molecule has 0 spiro atoms. The molecule has 0 saturated carbocycles. The summed E-state index contributed by atoms with van der Waals surface area (Å²) < 4.78 is 4.57. The van der Waals surface area contributed by atoms with Crippen molar-refractivity contribution in [3.05, 3.63) is 92.1 Å². The second-order valence-corrected chi connectivity index (χ2v) is 7.87. The third kappa shape index (κ3) is 3.27. The molecule has 2 aromatic heterocycles. The van der Waals surface area contributed by atoms with Crippen LogP contribution in [0.3, 0.4) is 0 Å². The van der Waals surface area contributed by atoms with Gasteiger partial charge in [-0.25, -0.2) is 4.79 Å². The number of hydrogen-bond donors (Lipinski definition) is 0. The van der Waals surface area contributed by atoms with Crippen LogP contribution in [0.4, 0.5) is 11.6 Å². The van der Waals surface area contributed by atoms with E-state index in [0.717, 1.165) is 11.3 Å². The van der Waals surface area contributed by atoms with Crippen LogP contribution in [0, 0.1) is 0 Å². The topological polar surface area (TPSA) is 65.1 Å². The molecule has 0 N–H and O–H groups in total. The van der Waals surface area contributed by atoms with Gasteiger partial charge in [0, 0.05) is 37.4 Å². The first-order chi connectivity index (χ1) is 15.0. The minimum absolute atomic E-state index is 0.189. The molecule has 5 rings (SSSR count). The van der Waals surface area contributed by atoms with Crippen LogP contribution in [0.1, 0.15) is 5.56 Å². The van der Waals surface area contributed by atoms with Crippen molar-refractivity contribution < 1.29 is 0 Å². The van der Waals surface area contributed by atoms with Crippen LogP contribution in [0.5, 0.6) is 0 Å². The highest BCUT2D eigenvalue weighted by Crippen LogP contribution is 2.32. The van der Waals surface area contributed by atoms with E-state index in [4.69, 9.17) is 11.6 Å². The number of halogens is 1. The lowest BCUT2D eigenvalue weighted by Crippen LogP contribution is -2.39. The second kappa shape index (κ2) is 7.59. The fourth-order valence-corrected chi connectivity index (χ4v) is 4.17. The molecule has 1 aliphatic rings. The molecule has 1 aliphatic heterocycles. The Morgan fingerprint density at radius 2 is 1.87 bits per heavy atom. The van der Waals surface area contributed by atoms with Gasteiger partial charge in [-0.15, -0.1) is 0 Å². The highest BCUT2D eigenvalue weighted by atomic mass is 35.5. The van der Waals surface area contributed by atoms with Crippen LogP contribution >= 0.6 is 11.6 Å². The Hall–Kier alpha value is -3.58. The highest BCUT2D eigenvalue weighted by molar-refractivity contribution is 6.30. The predicted molar refractivity (Wildman–Crippen MR) is 123 cm³/mol. The standard InChI is InChI=1S/C23H20ClN5O2/c1-26-20-19(21(30)29(23(26)31)12-6-9-16-7-3-2-4-8-16)28-14-13-27(22(28)25-20)18-11-5-10-17(24)15-18/h2-11,15H,12-14H2,1H3. The van der Waals surface area contributed by atoms with Crippen molar-refractivity contribution in [3.8, 4) is 0 Å². The molecular weight excluding hydrogens is 414 g/mol. The molecule has 0 amide bonds. The zero-order valence-corrected chi connectivity index (χ0v) is 17.7. The summed E-state index contributed by atoms with van der Waals surface area (Å²) in [6.07, 6.45) is 3.72. The summed E-state index contributed by atoms with van der Waals surface area (Å²) in [5, 5.41) is 0.632. The molecular formula is C23H20ClN5O2. The number of rotatable bonds is 4. The molecule has 0 unspecified atom stereocenters. The number of aromatic nitrogens is 4. The van der Waals surface area contributed by atoms with E-state index in [1.165, 1.54) is 9.13 Å². The normalized spacial score (nSPS) is 13.4. The quantitative estimate of drug-likeness (QED) is 0.494. The summed E-state index contributed by atoms with van der Waals surface area (Å²) in [6, 6.07) is 17.3. The Balaban J connectivity index is 1.59. The molecule has 2 aromatic carbocycles.